The molecule has 0 bridgehead atoms. The molecular weight excluding hydrogens is 511 g/mol. The fourth-order valence-electron chi connectivity index (χ4n) is 4.08. The molecule has 0 amide bonds. The molecule has 11 heteroatoms. The molecule has 0 unspecified atom stereocenters. The van der Waals surface area contributed by atoms with Gasteiger partial charge in [-0.15, -0.1) is 0 Å². The Morgan fingerprint density at radius 2 is 1.82 bits per heavy atom. The molecule has 0 radical (unpaired) electrons. The van der Waals surface area contributed by atoms with Gasteiger partial charge in [0.1, 0.15) is 41.2 Å². The summed E-state index contributed by atoms with van der Waals surface area (Å²) in [6.45, 7) is 4.04. The highest BCUT2D eigenvalue weighted by atomic mass is 19.3. The number of hydrogen-bond acceptors (Lipinski definition) is 8. The fourth-order valence-corrected chi connectivity index (χ4v) is 4.08. The van der Waals surface area contributed by atoms with Crippen LogP contribution in [0.3, 0.4) is 0 Å². The summed E-state index contributed by atoms with van der Waals surface area (Å²) in [5, 5.41) is 13.5. The summed E-state index contributed by atoms with van der Waals surface area (Å²) in [6.07, 6.45) is 1.59. The Morgan fingerprint density at radius 3 is 2.51 bits per heavy atom. The van der Waals surface area contributed by atoms with Crippen molar-refractivity contribution < 1.29 is 27.8 Å². The van der Waals surface area contributed by atoms with Crippen LogP contribution < -0.4 is 15.8 Å². The quantitative estimate of drug-likeness (QED) is 0.234. The van der Waals surface area contributed by atoms with Crippen LogP contribution in [0.4, 0.5) is 24.8 Å². The van der Waals surface area contributed by atoms with Crippen LogP contribution >= 0.6 is 0 Å². The second kappa shape index (κ2) is 11.0. The van der Waals surface area contributed by atoms with E-state index in [0.717, 1.165) is 19.9 Å². The predicted octanol–water partition coefficient (Wildman–Crippen LogP) is 5.22. The number of ether oxygens (including phenoxy) is 2. The van der Waals surface area contributed by atoms with E-state index in [1.54, 1.807) is 38.4 Å². The summed E-state index contributed by atoms with van der Waals surface area (Å²) in [7, 11) is 1.56. The van der Waals surface area contributed by atoms with Crippen molar-refractivity contribution in [2.24, 2.45) is 0 Å². The molecule has 0 saturated carbocycles. The third-order valence-corrected chi connectivity index (χ3v) is 6.21. The average molecular weight is 542 g/mol. The number of halogens is 3. The van der Waals surface area contributed by atoms with E-state index in [1.807, 2.05) is 6.07 Å². The van der Waals surface area contributed by atoms with Crippen LogP contribution in [0.25, 0.3) is 22.0 Å². The van der Waals surface area contributed by atoms with Crippen LogP contribution in [0.5, 0.6) is 5.75 Å². The van der Waals surface area contributed by atoms with Crippen LogP contribution in [-0.2, 0) is 17.2 Å². The normalized spacial score (nSPS) is 12.1. The van der Waals surface area contributed by atoms with Gasteiger partial charge in [0.2, 0.25) is 0 Å². The van der Waals surface area contributed by atoms with E-state index in [0.29, 0.717) is 51.8 Å². The Morgan fingerprint density at radius 1 is 1.05 bits per heavy atom. The molecule has 39 heavy (non-hydrogen) atoms. The number of methoxy groups -OCH3 is 1. The van der Waals surface area contributed by atoms with E-state index in [4.69, 9.17) is 15.2 Å². The summed E-state index contributed by atoms with van der Waals surface area (Å²) in [5.41, 5.74) is 4.67. The number of nitrogens with zero attached hydrogens (tertiary/aromatic N) is 3. The third kappa shape index (κ3) is 5.74. The first-order chi connectivity index (χ1) is 18.4. The second-order valence-corrected chi connectivity index (χ2v) is 9.53. The Hall–Kier alpha value is -3.96. The van der Waals surface area contributed by atoms with Crippen LogP contribution in [0.1, 0.15) is 30.8 Å². The molecule has 8 nitrogen and oxygen atoms in total. The molecule has 0 atom stereocenters. The molecule has 0 aliphatic rings. The summed E-state index contributed by atoms with van der Waals surface area (Å²) in [5.74, 6) is -3.32. The molecule has 4 N–H and O–H groups in total. The largest absolute Gasteiger partial charge is 0.491 e. The average Bonchev–Trinajstić information content (AvgIpc) is 2.87. The van der Waals surface area contributed by atoms with Gasteiger partial charge in [0.05, 0.1) is 17.7 Å². The fraction of sp³-hybridized carbons (Fsp3) is 0.321. The summed E-state index contributed by atoms with van der Waals surface area (Å²) in [6, 6.07) is 10.8. The number of nitrogens with one attached hydrogen (secondary N) is 1. The highest BCUT2D eigenvalue weighted by Crippen LogP contribution is 2.41. The van der Waals surface area contributed by atoms with Gasteiger partial charge in [-0.1, -0.05) is 12.1 Å². The Balaban J connectivity index is 1.75. The lowest BCUT2D eigenvalue weighted by Gasteiger charge is -2.30. The maximum absolute atomic E-state index is 15.2. The molecule has 0 saturated heterocycles. The summed E-state index contributed by atoms with van der Waals surface area (Å²) >= 11 is 0. The van der Waals surface area contributed by atoms with E-state index in [2.05, 4.69) is 20.3 Å². The highest BCUT2D eigenvalue weighted by molar-refractivity contribution is 5.96. The number of nitrogen functional groups attached to an aromatic ring is 1. The number of aryl methyl sites for hydroxylation is 1. The number of benzene rings is 2. The van der Waals surface area contributed by atoms with Gasteiger partial charge in [0.25, 0.3) is 0 Å². The van der Waals surface area contributed by atoms with E-state index < -0.39 is 22.9 Å². The van der Waals surface area contributed by atoms with Crippen LogP contribution in [-0.4, -0.2) is 46.0 Å². The Kier molecular flexibility index (Phi) is 7.94. The molecule has 0 aliphatic heterocycles. The molecule has 206 valence electrons. The predicted molar refractivity (Wildman–Crippen MR) is 143 cm³/mol. The summed E-state index contributed by atoms with van der Waals surface area (Å²) in [4.78, 5) is 13.2. The molecule has 2 aromatic carbocycles. The number of alkyl halides is 2. The van der Waals surface area contributed by atoms with Gasteiger partial charge in [-0.25, -0.2) is 19.3 Å². The monoisotopic (exact) mass is 541 g/mol. The Bertz CT molecular complexity index is 1490. The molecule has 0 fully saturated rings. The number of nitrogens with two attached hydrogens (primary N) is 1. The van der Waals surface area contributed by atoms with Crippen molar-refractivity contribution in [3.05, 3.63) is 71.4 Å². The minimum atomic E-state index is -3.80. The van der Waals surface area contributed by atoms with Gasteiger partial charge in [-0.3, -0.25) is 0 Å². The number of aliphatic hydroxyl groups is 1. The summed E-state index contributed by atoms with van der Waals surface area (Å²) < 4.78 is 55.8. The van der Waals surface area contributed by atoms with E-state index in [1.165, 1.54) is 12.1 Å². The van der Waals surface area contributed by atoms with Crippen molar-refractivity contribution in [1.82, 2.24) is 15.0 Å². The molecular formula is C28H30F3N5O3. The van der Waals surface area contributed by atoms with Gasteiger partial charge < -0.3 is 25.6 Å². The number of rotatable bonds is 10. The Labute approximate surface area is 224 Å². The van der Waals surface area contributed by atoms with Crippen molar-refractivity contribution in [2.45, 2.75) is 38.8 Å². The maximum Gasteiger partial charge on any atom is 0.303 e. The minimum absolute atomic E-state index is 0.0165. The van der Waals surface area contributed by atoms with Gasteiger partial charge in [-0.2, -0.15) is 8.78 Å². The topological polar surface area (TPSA) is 115 Å². The van der Waals surface area contributed by atoms with E-state index >= 15 is 4.39 Å². The first-order valence-corrected chi connectivity index (χ1v) is 12.2. The minimum Gasteiger partial charge on any atom is -0.491 e. The number of aromatic nitrogens is 3. The van der Waals surface area contributed by atoms with Crippen molar-refractivity contribution in [3.8, 4) is 16.9 Å². The number of fused-ring (bicyclic) bond motifs is 1. The van der Waals surface area contributed by atoms with Crippen molar-refractivity contribution in [2.75, 3.05) is 31.4 Å². The molecule has 0 spiro atoms. The number of pyridine rings is 1. The number of anilines is 2. The lowest BCUT2D eigenvalue weighted by atomic mass is 9.92. The third-order valence-electron chi connectivity index (χ3n) is 6.21. The zero-order valence-corrected chi connectivity index (χ0v) is 22.1. The molecule has 0 aliphatic carbocycles. The standard InChI is InChI=1S/C28H30F3N5O3/c1-16-35-22-13-19(18-8-6-10-33-25(18)32)23(39-12-11-38-4)14-20(22)26(36-16)34-15-17-7-5-9-21(24(17)29)28(30,31)27(2,3)37/h5-10,13-14,37H,11-12,15H2,1-4H3,(H2,32,33)(H,34,35,36). The first-order valence-electron chi connectivity index (χ1n) is 12.2. The lowest BCUT2D eigenvalue weighted by molar-refractivity contribution is -0.170. The van der Waals surface area contributed by atoms with Crippen LogP contribution in [0.15, 0.2) is 48.7 Å². The second-order valence-electron chi connectivity index (χ2n) is 9.53. The molecule has 2 heterocycles. The van der Waals surface area contributed by atoms with Crippen LogP contribution in [0, 0.1) is 12.7 Å². The van der Waals surface area contributed by atoms with Gasteiger partial charge in [-0.05, 0) is 51.1 Å². The van der Waals surface area contributed by atoms with Crippen molar-refractivity contribution >= 4 is 22.5 Å². The van der Waals surface area contributed by atoms with E-state index in [9.17, 15) is 13.9 Å². The molecule has 2 aromatic heterocycles. The van der Waals surface area contributed by atoms with E-state index in [-0.39, 0.29) is 18.7 Å². The smallest absolute Gasteiger partial charge is 0.303 e. The van der Waals surface area contributed by atoms with Gasteiger partial charge in [0.15, 0.2) is 0 Å². The number of hydrogen-bond donors (Lipinski definition) is 3. The SMILES string of the molecule is COCCOc1cc2c(NCc3cccc(C(F)(F)C(C)(C)O)c3F)nc(C)nc2cc1-c1cccnc1N. The van der Waals surface area contributed by atoms with Crippen molar-refractivity contribution in [3.63, 3.8) is 0 Å². The zero-order chi connectivity index (χ0) is 28.4. The molecule has 4 rings (SSSR count). The lowest BCUT2D eigenvalue weighted by Crippen LogP contribution is -2.41. The van der Waals surface area contributed by atoms with Gasteiger partial charge >= 0.3 is 5.92 Å². The van der Waals surface area contributed by atoms with Crippen molar-refractivity contribution in [1.29, 1.82) is 0 Å². The highest BCUT2D eigenvalue weighted by Gasteiger charge is 2.49. The molecule has 4 aromatic rings. The zero-order valence-electron chi connectivity index (χ0n) is 22.1. The van der Waals surface area contributed by atoms with Gasteiger partial charge in [0, 0.05) is 41.9 Å². The van der Waals surface area contributed by atoms with Crippen LogP contribution in [0.2, 0.25) is 0 Å². The first kappa shape index (κ1) is 28.1. The maximum atomic E-state index is 15.2.